The van der Waals surface area contributed by atoms with Crippen LogP contribution in [-0.2, 0) is 22.6 Å². The molecule has 1 amide bonds. The minimum absolute atomic E-state index is 0.0444. The van der Waals surface area contributed by atoms with Gasteiger partial charge >= 0.3 is 5.97 Å². The van der Waals surface area contributed by atoms with E-state index < -0.39 is 12.3 Å². The zero-order valence-corrected chi connectivity index (χ0v) is 28.2. The van der Waals surface area contributed by atoms with Gasteiger partial charge in [-0.2, -0.15) is 0 Å². The smallest absolute Gasteiger partial charge is 0.338 e. The third-order valence-corrected chi connectivity index (χ3v) is 9.74. The van der Waals surface area contributed by atoms with E-state index in [2.05, 4.69) is 20.3 Å². The topological polar surface area (TPSA) is 144 Å². The lowest BCUT2D eigenvalue weighted by Crippen LogP contribution is -2.31. The summed E-state index contributed by atoms with van der Waals surface area (Å²) < 4.78 is 13.0. The van der Waals surface area contributed by atoms with Gasteiger partial charge < -0.3 is 25.0 Å². The van der Waals surface area contributed by atoms with Crippen molar-refractivity contribution < 1.29 is 29.3 Å². The summed E-state index contributed by atoms with van der Waals surface area (Å²) in [5.41, 5.74) is 7.36. The first-order valence-corrected chi connectivity index (χ1v) is 17.4. The van der Waals surface area contributed by atoms with E-state index in [1.165, 1.54) is 18.0 Å². The van der Waals surface area contributed by atoms with Crippen LogP contribution in [0.15, 0.2) is 127 Å². The second-order valence-corrected chi connectivity index (χ2v) is 13.1. The monoisotopic (exact) mass is 698 g/mol. The molecule has 1 saturated heterocycles. The number of nitrogens with zero attached hydrogens (tertiary/aromatic N) is 3. The highest BCUT2D eigenvalue weighted by Gasteiger charge is 2.32. The molecule has 6 aromatic rings. The van der Waals surface area contributed by atoms with Crippen LogP contribution < -0.4 is 5.32 Å². The summed E-state index contributed by atoms with van der Waals surface area (Å²) in [5, 5.41) is 22.5. The molecule has 2 aromatic heterocycles. The Hall–Kier alpha value is -5.46. The Morgan fingerprint density at radius 2 is 1.59 bits per heavy atom. The Balaban J connectivity index is 1.05. The van der Waals surface area contributed by atoms with Crippen molar-refractivity contribution in [1.82, 2.24) is 20.3 Å². The molecular formula is C40H34N4O6S. The number of amides is 1. The maximum Gasteiger partial charge on any atom is 0.338 e. The number of benzene rings is 4. The molecule has 3 atom stereocenters. The van der Waals surface area contributed by atoms with Gasteiger partial charge in [0.2, 0.25) is 0 Å². The summed E-state index contributed by atoms with van der Waals surface area (Å²) in [4.78, 5) is 37.7. The number of aromatic carboxylic acids is 1. The highest BCUT2D eigenvalue weighted by molar-refractivity contribution is 7.99. The Morgan fingerprint density at radius 3 is 2.37 bits per heavy atom. The van der Waals surface area contributed by atoms with Crippen molar-refractivity contribution in [3.8, 4) is 11.1 Å². The number of aromatic nitrogens is 3. The number of carbonyl (C=O) groups excluding carboxylic acids is 1. The SMILES string of the molecule is O=C(NCc1cccc(-c2ccc([C@@H]3O[C@H](CSc4ncccc4C(=O)O)C[C@H](c4ccc(CO)cc4)O3)cc2)c1)c1cnc2ccccc2n1. The van der Waals surface area contributed by atoms with Crippen LogP contribution in [0.2, 0.25) is 0 Å². The van der Waals surface area contributed by atoms with Crippen molar-refractivity contribution >= 4 is 34.7 Å². The summed E-state index contributed by atoms with van der Waals surface area (Å²) in [6.45, 7) is 0.284. The molecule has 11 heteroatoms. The van der Waals surface area contributed by atoms with Crippen molar-refractivity contribution in [2.75, 3.05) is 5.75 Å². The van der Waals surface area contributed by atoms with Crippen LogP contribution in [0.4, 0.5) is 0 Å². The molecule has 0 aliphatic carbocycles. The van der Waals surface area contributed by atoms with Gasteiger partial charge in [0.15, 0.2) is 6.29 Å². The highest BCUT2D eigenvalue weighted by atomic mass is 32.2. The molecule has 256 valence electrons. The van der Waals surface area contributed by atoms with Crippen molar-refractivity contribution in [2.45, 2.75) is 43.1 Å². The highest BCUT2D eigenvalue weighted by Crippen LogP contribution is 2.40. The quantitative estimate of drug-likeness (QED) is 0.119. The molecule has 3 N–H and O–H groups in total. The third-order valence-electron chi connectivity index (χ3n) is 8.60. The fraction of sp³-hybridized carbons (Fsp3) is 0.175. The van der Waals surface area contributed by atoms with E-state index in [4.69, 9.17) is 9.47 Å². The van der Waals surface area contributed by atoms with Gasteiger partial charge in [0.1, 0.15) is 10.7 Å². The number of carboxylic acids is 1. The van der Waals surface area contributed by atoms with Crippen LogP contribution in [0.5, 0.6) is 0 Å². The summed E-state index contributed by atoms with van der Waals surface area (Å²) in [7, 11) is 0. The average Bonchev–Trinajstić information content (AvgIpc) is 3.19. The van der Waals surface area contributed by atoms with Crippen molar-refractivity contribution in [3.05, 3.63) is 155 Å². The lowest BCUT2D eigenvalue weighted by atomic mass is 9.99. The first kappa shape index (κ1) is 34.0. The van der Waals surface area contributed by atoms with Gasteiger partial charge in [-0.05, 0) is 58.1 Å². The maximum absolute atomic E-state index is 12.8. The zero-order valence-electron chi connectivity index (χ0n) is 27.4. The van der Waals surface area contributed by atoms with E-state index in [1.807, 2.05) is 97.1 Å². The first-order chi connectivity index (χ1) is 24.9. The normalized spacial score (nSPS) is 17.2. The van der Waals surface area contributed by atoms with Crippen LogP contribution in [-0.4, -0.2) is 48.9 Å². The summed E-state index contributed by atoms with van der Waals surface area (Å²) >= 11 is 1.35. The molecule has 0 unspecified atom stereocenters. The minimum Gasteiger partial charge on any atom is -0.478 e. The molecule has 1 fully saturated rings. The van der Waals surface area contributed by atoms with Crippen molar-refractivity contribution in [1.29, 1.82) is 0 Å². The molecule has 0 bridgehead atoms. The fourth-order valence-electron chi connectivity index (χ4n) is 5.90. The van der Waals surface area contributed by atoms with Crippen LogP contribution in [0, 0.1) is 0 Å². The first-order valence-electron chi connectivity index (χ1n) is 16.4. The van der Waals surface area contributed by atoms with Gasteiger partial charge in [0.25, 0.3) is 5.91 Å². The predicted molar refractivity (Wildman–Crippen MR) is 193 cm³/mol. The molecule has 0 spiro atoms. The van der Waals surface area contributed by atoms with Crippen LogP contribution in [0.1, 0.15) is 61.9 Å². The number of ether oxygens (including phenoxy) is 2. The van der Waals surface area contributed by atoms with Crippen LogP contribution in [0.3, 0.4) is 0 Å². The lowest BCUT2D eigenvalue weighted by Gasteiger charge is -2.36. The van der Waals surface area contributed by atoms with Gasteiger partial charge in [-0.25, -0.2) is 14.8 Å². The largest absolute Gasteiger partial charge is 0.478 e. The van der Waals surface area contributed by atoms with Crippen molar-refractivity contribution in [3.63, 3.8) is 0 Å². The number of aliphatic hydroxyl groups excluding tert-OH is 1. The van der Waals surface area contributed by atoms with E-state index in [0.717, 1.165) is 38.9 Å². The number of fused-ring (bicyclic) bond motifs is 1. The lowest BCUT2D eigenvalue weighted by molar-refractivity contribution is -0.245. The number of carboxylic acid groups (broad SMARTS) is 1. The minimum atomic E-state index is -1.02. The maximum atomic E-state index is 12.8. The van der Waals surface area contributed by atoms with Gasteiger partial charge in [0.05, 0.1) is 41.6 Å². The van der Waals surface area contributed by atoms with E-state index in [1.54, 1.807) is 18.3 Å². The number of hydrogen-bond donors (Lipinski definition) is 3. The Labute approximate surface area is 298 Å². The molecule has 3 heterocycles. The van der Waals surface area contributed by atoms with Gasteiger partial charge in [-0.1, -0.05) is 78.9 Å². The number of pyridine rings is 1. The molecule has 7 rings (SSSR count). The molecule has 4 aromatic carbocycles. The second-order valence-electron chi connectivity index (χ2n) is 12.1. The summed E-state index contributed by atoms with van der Waals surface area (Å²) in [6, 6.07) is 34.2. The molecule has 1 aliphatic rings. The van der Waals surface area contributed by atoms with E-state index in [0.29, 0.717) is 29.3 Å². The number of nitrogens with one attached hydrogen (secondary N) is 1. The number of carbonyl (C=O) groups is 2. The van der Waals surface area contributed by atoms with Crippen LogP contribution in [0.25, 0.3) is 22.2 Å². The Morgan fingerprint density at radius 1 is 0.804 bits per heavy atom. The van der Waals surface area contributed by atoms with Crippen molar-refractivity contribution in [2.24, 2.45) is 0 Å². The number of thioether (sulfide) groups is 1. The number of para-hydroxylation sites is 2. The predicted octanol–water partition coefficient (Wildman–Crippen LogP) is 7.15. The number of hydrogen-bond acceptors (Lipinski definition) is 9. The van der Waals surface area contributed by atoms with E-state index >= 15 is 0 Å². The Bertz CT molecular complexity index is 2160. The van der Waals surface area contributed by atoms with E-state index in [9.17, 15) is 19.8 Å². The van der Waals surface area contributed by atoms with Gasteiger partial charge in [0, 0.05) is 30.5 Å². The summed E-state index contributed by atoms with van der Waals surface area (Å²) in [6.07, 6.45) is 2.43. The zero-order chi connectivity index (χ0) is 35.2. The molecule has 51 heavy (non-hydrogen) atoms. The average molecular weight is 699 g/mol. The number of aliphatic hydroxyl groups is 1. The van der Waals surface area contributed by atoms with Gasteiger partial charge in [-0.3, -0.25) is 9.78 Å². The molecule has 0 radical (unpaired) electrons. The molecule has 0 saturated carbocycles. The van der Waals surface area contributed by atoms with Crippen LogP contribution >= 0.6 is 11.8 Å². The molecule has 10 nitrogen and oxygen atoms in total. The molecule has 1 aliphatic heterocycles. The third kappa shape index (κ3) is 8.13. The fourth-order valence-corrected chi connectivity index (χ4v) is 6.90. The Kier molecular flexibility index (Phi) is 10.4. The standard InChI is InChI=1S/C40H34N4O6S/c45-23-25-10-12-28(13-11-25)36-20-31(24-51-38-32(39(47)48)7-4-18-41-38)49-40(50-36)29-16-14-27(15-17-29)30-6-3-5-26(19-30)21-43-37(46)35-22-42-33-8-1-2-9-34(33)44-35/h1-19,22,31,36,40,45H,20-21,23-24H2,(H,43,46)(H,47,48)/t31-,36+,40+/m0/s1. The molecular weight excluding hydrogens is 665 g/mol. The summed E-state index contributed by atoms with van der Waals surface area (Å²) in [5.74, 6) is -0.835. The van der Waals surface area contributed by atoms with E-state index in [-0.39, 0.29) is 36.0 Å². The van der Waals surface area contributed by atoms with Gasteiger partial charge in [-0.15, -0.1) is 11.8 Å². The second kappa shape index (κ2) is 15.6. The number of rotatable bonds is 11.